The van der Waals surface area contributed by atoms with E-state index in [-0.39, 0.29) is 11.8 Å². The summed E-state index contributed by atoms with van der Waals surface area (Å²) in [6.45, 7) is 4.99. The molecular weight excluding hydrogens is 332 g/mol. The molecule has 0 radical (unpaired) electrons. The molecule has 1 aliphatic rings. The molecule has 1 saturated heterocycles. The summed E-state index contributed by atoms with van der Waals surface area (Å²) in [5, 5.41) is 0. The van der Waals surface area contributed by atoms with Crippen LogP contribution >= 0.6 is 0 Å². The lowest BCUT2D eigenvalue weighted by molar-refractivity contribution is -0.135. The second-order valence-electron chi connectivity index (χ2n) is 6.35. The Morgan fingerprint density at radius 3 is 2.50 bits per heavy atom. The molecule has 138 valence electrons. The van der Waals surface area contributed by atoms with Gasteiger partial charge in [-0.2, -0.15) is 0 Å². The molecule has 0 saturated carbocycles. The zero-order valence-electron chi connectivity index (χ0n) is 15.0. The fraction of sp³-hybridized carbons (Fsp3) is 0.400. The lowest BCUT2D eigenvalue weighted by atomic mass is 10.1. The minimum absolute atomic E-state index is 0.0584. The summed E-state index contributed by atoms with van der Waals surface area (Å²) in [7, 11) is 0. The number of aryl methyl sites for hydroxylation is 1. The number of ether oxygens (including phenoxy) is 1. The second-order valence-corrected chi connectivity index (χ2v) is 6.35. The lowest BCUT2D eigenvalue weighted by Gasteiger charge is -2.28. The van der Waals surface area contributed by atoms with Crippen LogP contribution in [0.1, 0.15) is 28.1 Å². The molecule has 3 rings (SSSR count). The highest BCUT2D eigenvalue weighted by Crippen LogP contribution is 2.15. The fourth-order valence-electron chi connectivity index (χ4n) is 3.03. The molecule has 2 amide bonds. The third-order valence-corrected chi connectivity index (χ3v) is 4.55. The SMILES string of the molecule is Cc1occc1C(=O)N(CCC(=O)N1CCOCC1)Cc1ccccc1. The summed E-state index contributed by atoms with van der Waals surface area (Å²) >= 11 is 0. The molecule has 0 unspecified atom stereocenters. The largest absolute Gasteiger partial charge is 0.469 e. The van der Waals surface area contributed by atoms with Gasteiger partial charge in [-0.25, -0.2) is 0 Å². The van der Waals surface area contributed by atoms with Crippen LogP contribution in [0, 0.1) is 6.92 Å². The van der Waals surface area contributed by atoms with Crippen molar-refractivity contribution in [2.24, 2.45) is 0 Å². The van der Waals surface area contributed by atoms with E-state index < -0.39 is 0 Å². The first-order valence-electron chi connectivity index (χ1n) is 8.88. The van der Waals surface area contributed by atoms with Crippen LogP contribution in [0.3, 0.4) is 0 Å². The number of carbonyl (C=O) groups is 2. The van der Waals surface area contributed by atoms with E-state index in [2.05, 4.69) is 0 Å². The Morgan fingerprint density at radius 2 is 1.85 bits per heavy atom. The van der Waals surface area contributed by atoms with E-state index in [4.69, 9.17) is 9.15 Å². The topological polar surface area (TPSA) is 63.0 Å². The fourth-order valence-corrected chi connectivity index (χ4v) is 3.03. The molecule has 2 aromatic rings. The number of morpholine rings is 1. The van der Waals surface area contributed by atoms with Crippen LogP contribution in [0.15, 0.2) is 47.1 Å². The van der Waals surface area contributed by atoms with Crippen LogP contribution in [0.25, 0.3) is 0 Å². The van der Waals surface area contributed by atoms with E-state index in [1.54, 1.807) is 22.8 Å². The molecule has 6 nitrogen and oxygen atoms in total. The molecule has 26 heavy (non-hydrogen) atoms. The van der Waals surface area contributed by atoms with E-state index >= 15 is 0 Å². The zero-order valence-corrected chi connectivity index (χ0v) is 15.0. The minimum atomic E-state index is -0.116. The highest BCUT2D eigenvalue weighted by atomic mass is 16.5. The van der Waals surface area contributed by atoms with Crippen molar-refractivity contribution in [3.63, 3.8) is 0 Å². The average Bonchev–Trinajstić information content (AvgIpc) is 3.11. The van der Waals surface area contributed by atoms with Gasteiger partial charge in [-0.15, -0.1) is 0 Å². The molecular formula is C20H24N2O4. The standard InChI is InChI=1S/C20H24N2O4/c1-16-18(8-12-26-16)20(24)22(15-17-5-3-2-4-6-17)9-7-19(23)21-10-13-25-14-11-21/h2-6,8,12H,7,9-11,13-15H2,1H3. The summed E-state index contributed by atoms with van der Waals surface area (Å²) in [5.41, 5.74) is 1.57. The molecule has 1 fully saturated rings. The van der Waals surface area contributed by atoms with Gasteiger partial charge in [-0.05, 0) is 18.6 Å². The molecule has 0 atom stereocenters. The predicted octanol–water partition coefficient (Wildman–Crippen LogP) is 2.48. The van der Waals surface area contributed by atoms with Gasteiger partial charge in [0.15, 0.2) is 0 Å². The first-order valence-corrected chi connectivity index (χ1v) is 8.88. The van der Waals surface area contributed by atoms with E-state index in [1.807, 2.05) is 30.3 Å². The van der Waals surface area contributed by atoms with Crippen molar-refractivity contribution < 1.29 is 18.7 Å². The Bertz CT molecular complexity index is 735. The maximum absolute atomic E-state index is 12.9. The lowest BCUT2D eigenvalue weighted by Crippen LogP contribution is -2.42. The smallest absolute Gasteiger partial charge is 0.257 e. The number of furan rings is 1. The summed E-state index contributed by atoms with van der Waals surface area (Å²) in [6, 6.07) is 11.5. The van der Waals surface area contributed by atoms with E-state index in [9.17, 15) is 9.59 Å². The summed E-state index contributed by atoms with van der Waals surface area (Å²) in [5.74, 6) is 0.533. The van der Waals surface area contributed by atoms with Gasteiger partial charge in [0.05, 0.1) is 25.0 Å². The first-order chi connectivity index (χ1) is 12.6. The molecule has 0 bridgehead atoms. The quantitative estimate of drug-likeness (QED) is 0.798. The second kappa shape index (κ2) is 8.67. The number of hydrogen-bond acceptors (Lipinski definition) is 4. The van der Waals surface area contributed by atoms with Crippen LogP contribution in [0.2, 0.25) is 0 Å². The Balaban J connectivity index is 1.69. The number of rotatable bonds is 6. The third-order valence-electron chi connectivity index (χ3n) is 4.55. The number of benzene rings is 1. The third kappa shape index (κ3) is 4.52. The number of nitrogens with zero attached hydrogens (tertiary/aromatic N) is 2. The molecule has 6 heteroatoms. The monoisotopic (exact) mass is 356 g/mol. The summed E-state index contributed by atoms with van der Waals surface area (Å²) in [4.78, 5) is 28.9. The Kier molecular flexibility index (Phi) is 6.07. The van der Waals surface area contributed by atoms with E-state index in [0.29, 0.717) is 57.1 Å². The van der Waals surface area contributed by atoms with E-state index in [0.717, 1.165) is 5.56 Å². The Morgan fingerprint density at radius 1 is 1.12 bits per heavy atom. The highest BCUT2D eigenvalue weighted by molar-refractivity contribution is 5.95. The van der Waals surface area contributed by atoms with Gasteiger partial charge < -0.3 is 19.0 Å². The Hall–Kier alpha value is -2.60. The van der Waals surface area contributed by atoms with Crippen molar-refractivity contribution in [2.45, 2.75) is 19.9 Å². The van der Waals surface area contributed by atoms with Crippen molar-refractivity contribution in [1.29, 1.82) is 0 Å². The molecule has 1 aromatic heterocycles. The van der Waals surface area contributed by atoms with Gasteiger partial charge in [-0.3, -0.25) is 9.59 Å². The normalized spacial score (nSPS) is 14.3. The first kappa shape index (κ1) is 18.2. The van der Waals surface area contributed by atoms with Crippen LogP contribution in [-0.2, 0) is 16.1 Å². The Labute approximate surface area is 153 Å². The molecule has 1 aromatic carbocycles. The maximum atomic E-state index is 12.9. The van der Waals surface area contributed by atoms with Crippen molar-refractivity contribution in [2.75, 3.05) is 32.8 Å². The summed E-state index contributed by atoms with van der Waals surface area (Å²) < 4.78 is 10.6. The van der Waals surface area contributed by atoms with Crippen molar-refractivity contribution >= 4 is 11.8 Å². The van der Waals surface area contributed by atoms with Crippen LogP contribution in [0.4, 0.5) is 0 Å². The van der Waals surface area contributed by atoms with Gasteiger partial charge in [-0.1, -0.05) is 30.3 Å². The molecule has 0 N–H and O–H groups in total. The van der Waals surface area contributed by atoms with Crippen molar-refractivity contribution in [3.05, 3.63) is 59.5 Å². The van der Waals surface area contributed by atoms with Gasteiger partial charge >= 0.3 is 0 Å². The van der Waals surface area contributed by atoms with Gasteiger partial charge in [0.2, 0.25) is 5.91 Å². The van der Waals surface area contributed by atoms with Gasteiger partial charge in [0, 0.05) is 32.6 Å². The average molecular weight is 356 g/mol. The van der Waals surface area contributed by atoms with Crippen LogP contribution < -0.4 is 0 Å². The zero-order chi connectivity index (χ0) is 18.4. The van der Waals surface area contributed by atoms with E-state index in [1.165, 1.54) is 6.26 Å². The predicted molar refractivity (Wildman–Crippen MR) is 96.6 cm³/mol. The van der Waals surface area contributed by atoms with Gasteiger partial charge in [0.1, 0.15) is 5.76 Å². The summed E-state index contributed by atoms with van der Waals surface area (Å²) in [6.07, 6.45) is 1.82. The molecule has 2 heterocycles. The minimum Gasteiger partial charge on any atom is -0.469 e. The number of hydrogen-bond donors (Lipinski definition) is 0. The number of carbonyl (C=O) groups excluding carboxylic acids is 2. The van der Waals surface area contributed by atoms with Crippen molar-refractivity contribution in [1.82, 2.24) is 9.80 Å². The maximum Gasteiger partial charge on any atom is 0.257 e. The van der Waals surface area contributed by atoms with Crippen LogP contribution in [0.5, 0.6) is 0 Å². The van der Waals surface area contributed by atoms with Crippen molar-refractivity contribution in [3.8, 4) is 0 Å². The number of amides is 2. The molecule has 0 aliphatic carbocycles. The van der Waals surface area contributed by atoms with Crippen LogP contribution in [-0.4, -0.2) is 54.5 Å². The molecule has 1 aliphatic heterocycles. The highest BCUT2D eigenvalue weighted by Gasteiger charge is 2.22. The van der Waals surface area contributed by atoms with Gasteiger partial charge in [0.25, 0.3) is 5.91 Å². The molecule has 0 spiro atoms.